The summed E-state index contributed by atoms with van der Waals surface area (Å²) in [5, 5.41) is 7.51. The number of hydrogen-bond donors (Lipinski definition) is 0. The molecule has 1 heterocycles. The minimum absolute atomic E-state index is 0.281. The lowest BCUT2D eigenvalue weighted by Gasteiger charge is -2.12. The van der Waals surface area contributed by atoms with Gasteiger partial charge < -0.3 is 0 Å². The van der Waals surface area contributed by atoms with Crippen LogP contribution in [0.25, 0.3) is 11.6 Å². The lowest BCUT2D eigenvalue weighted by molar-refractivity contribution is -0.119. The Morgan fingerprint density at radius 2 is 1.21 bits per heavy atom. The Bertz CT molecular complexity index is 1120. The largest absolute Gasteiger partial charge is 0.269 e. The van der Waals surface area contributed by atoms with Gasteiger partial charge >= 0.3 is 0 Å². The number of allylic oxidation sites excluding steroid dienone is 2. The molecular formula is C30H28N2O2. The molecule has 3 aromatic carbocycles. The molecule has 3 aromatic rings. The third-order valence-corrected chi connectivity index (χ3v) is 4.22. The highest BCUT2D eigenvalue weighted by Gasteiger charge is 2.24. The summed E-state index contributed by atoms with van der Waals surface area (Å²) in [6.45, 7) is 12.6. The number of amides is 2. The van der Waals surface area contributed by atoms with E-state index >= 15 is 0 Å². The fourth-order valence-electron chi connectivity index (χ4n) is 2.54. The number of carbonyl (C=O) groups is 2. The first-order valence-electron chi connectivity index (χ1n) is 10.4. The number of benzene rings is 3. The Balaban J connectivity index is 0.000000244. The highest BCUT2D eigenvalue weighted by Crippen LogP contribution is 2.17. The number of hydrogen-bond acceptors (Lipinski definition) is 3. The van der Waals surface area contributed by atoms with Crippen LogP contribution in [0.2, 0.25) is 0 Å². The maximum Gasteiger partial charge on any atom is 0.258 e. The zero-order valence-electron chi connectivity index (χ0n) is 19.3. The molecule has 0 aliphatic carbocycles. The van der Waals surface area contributed by atoms with Gasteiger partial charge in [0.1, 0.15) is 0 Å². The zero-order chi connectivity index (χ0) is 25.2. The summed E-state index contributed by atoms with van der Waals surface area (Å²) in [5.74, 6) is -0.563. The summed E-state index contributed by atoms with van der Waals surface area (Å²) >= 11 is 0. The molecular weight excluding hydrogens is 420 g/mol. The van der Waals surface area contributed by atoms with Crippen LogP contribution < -0.4 is 4.90 Å². The van der Waals surface area contributed by atoms with Crippen molar-refractivity contribution in [2.45, 2.75) is 6.92 Å². The standard InChI is InChI=1S/C10H7NO2.C9H10.C8H8.C3H3N/c12-9-6-7-10(13)11(9)8-4-2-1-3-5-8;1-8(2)9-6-4-3-5-7-9;1-2-8-6-4-3-5-7-8;1-2-3-4/h1-7H;3-7H,1H2,2H3;2-7H,1H2;2H,1H2. The van der Waals surface area contributed by atoms with Crippen LogP contribution in [0.3, 0.4) is 0 Å². The van der Waals surface area contributed by atoms with E-state index in [1.165, 1.54) is 29.4 Å². The molecule has 0 radical (unpaired) electrons. The maximum atomic E-state index is 11.2. The number of nitriles is 1. The topological polar surface area (TPSA) is 61.2 Å². The first-order valence-corrected chi connectivity index (χ1v) is 10.4. The van der Waals surface area contributed by atoms with Crippen LogP contribution in [0.15, 0.2) is 129 Å². The van der Waals surface area contributed by atoms with Gasteiger partial charge in [-0.15, -0.1) is 0 Å². The van der Waals surface area contributed by atoms with Gasteiger partial charge in [-0.3, -0.25) is 9.59 Å². The zero-order valence-corrected chi connectivity index (χ0v) is 19.3. The molecule has 0 bridgehead atoms. The Morgan fingerprint density at radius 3 is 1.53 bits per heavy atom. The SMILES string of the molecule is C=C(C)c1ccccc1.C=CC#N.C=Cc1ccccc1.O=C1C=CC(=O)N1c1ccccc1. The Hall–Kier alpha value is -4.75. The van der Waals surface area contributed by atoms with Crippen LogP contribution in [0, 0.1) is 11.3 Å². The number of imide groups is 1. The second kappa shape index (κ2) is 16.0. The Morgan fingerprint density at radius 1 is 0.794 bits per heavy atom. The number of para-hydroxylation sites is 1. The molecule has 0 saturated carbocycles. The van der Waals surface area contributed by atoms with Crippen molar-refractivity contribution in [2.75, 3.05) is 4.90 Å². The van der Waals surface area contributed by atoms with Crippen molar-refractivity contribution in [3.05, 3.63) is 140 Å². The monoisotopic (exact) mass is 448 g/mol. The quantitative estimate of drug-likeness (QED) is 0.325. The van der Waals surface area contributed by atoms with E-state index in [0.29, 0.717) is 5.69 Å². The predicted molar refractivity (Wildman–Crippen MR) is 142 cm³/mol. The molecule has 0 unspecified atom stereocenters. The van der Waals surface area contributed by atoms with Gasteiger partial charge in [0.2, 0.25) is 0 Å². The van der Waals surface area contributed by atoms with Crippen molar-refractivity contribution in [1.82, 2.24) is 0 Å². The van der Waals surface area contributed by atoms with E-state index in [4.69, 9.17) is 5.26 Å². The minimum atomic E-state index is -0.281. The predicted octanol–water partition coefficient (Wildman–Crippen LogP) is 6.86. The Kier molecular flexibility index (Phi) is 12.8. The molecule has 0 atom stereocenters. The lowest BCUT2D eigenvalue weighted by atomic mass is 10.1. The fraction of sp³-hybridized carbons (Fsp3) is 0.0333. The summed E-state index contributed by atoms with van der Waals surface area (Å²) in [7, 11) is 0. The van der Waals surface area contributed by atoms with E-state index in [1.54, 1.807) is 30.3 Å². The van der Waals surface area contributed by atoms with E-state index in [2.05, 4.69) is 31.9 Å². The van der Waals surface area contributed by atoms with Gasteiger partial charge in [0, 0.05) is 18.2 Å². The summed E-state index contributed by atoms with van der Waals surface area (Å²) in [6, 6.07) is 30.7. The molecule has 4 nitrogen and oxygen atoms in total. The van der Waals surface area contributed by atoms with E-state index in [0.717, 1.165) is 10.5 Å². The average Bonchev–Trinajstić information content (AvgIpc) is 3.24. The number of rotatable bonds is 3. The molecule has 1 aliphatic heterocycles. The van der Waals surface area contributed by atoms with Crippen LogP contribution in [-0.2, 0) is 9.59 Å². The number of anilines is 1. The molecule has 4 rings (SSSR count). The van der Waals surface area contributed by atoms with E-state index in [-0.39, 0.29) is 11.8 Å². The van der Waals surface area contributed by atoms with Gasteiger partial charge in [0.05, 0.1) is 11.8 Å². The number of nitrogens with zero attached hydrogens (tertiary/aromatic N) is 2. The van der Waals surface area contributed by atoms with Gasteiger partial charge in [-0.05, 0) is 30.2 Å². The second-order valence-electron chi connectivity index (χ2n) is 6.78. The highest BCUT2D eigenvalue weighted by atomic mass is 16.2. The van der Waals surface area contributed by atoms with Crippen molar-refractivity contribution >= 4 is 29.2 Å². The van der Waals surface area contributed by atoms with Gasteiger partial charge in [0.15, 0.2) is 0 Å². The molecule has 170 valence electrons. The fourth-order valence-corrected chi connectivity index (χ4v) is 2.54. The first-order chi connectivity index (χ1) is 16.4. The second-order valence-corrected chi connectivity index (χ2v) is 6.78. The van der Waals surface area contributed by atoms with E-state index in [9.17, 15) is 9.59 Å². The smallest absolute Gasteiger partial charge is 0.258 e. The summed E-state index contributed by atoms with van der Waals surface area (Å²) in [4.78, 5) is 23.5. The van der Waals surface area contributed by atoms with Crippen molar-refractivity contribution < 1.29 is 9.59 Å². The normalized spacial score (nSPS) is 10.8. The van der Waals surface area contributed by atoms with Gasteiger partial charge in [-0.25, -0.2) is 4.90 Å². The average molecular weight is 449 g/mol. The third-order valence-electron chi connectivity index (χ3n) is 4.22. The van der Waals surface area contributed by atoms with Gasteiger partial charge in [-0.2, -0.15) is 5.26 Å². The van der Waals surface area contributed by atoms with Gasteiger partial charge in [-0.1, -0.05) is 110 Å². The van der Waals surface area contributed by atoms with Crippen molar-refractivity contribution in [3.63, 3.8) is 0 Å². The van der Waals surface area contributed by atoms with E-state index in [1.807, 2.05) is 67.6 Å². The summed E-state index contributed by atoms with van der Waals surface area (Å²) < 4.78 is 0. The third kappa shape index (κ3) is 10.0. The molecule has 1 aliphatic rings. The molecule has 4 heteroatoms. The van der Waals surface area contributed by atoms with Crippen LogP contribution in [0.4, 0.5) is 5.69 Å². The molecule has 0 saturated heterocycles. The summed E-state index contributed by atoms with van der Waals surface area (Å²) in [5.41, 5.74) is 4.13. The lowest BCUT2D eigenvalue weighted by Crippen LogP contribution is -2.29. The number of carbonyl (C=O) groups excluding carboxylic acids is 2. The van der Waals surface area contributed by atoms with Crippen molar-refractivity contribution in [3.8, 4) is 6.07 Å². The molecule has 0 spiro atoms. The van der Waals surface area contributed by atoms with Crippen LogP contribution >= 0.6 is 0 Å². The molecule has 0 aromatic heterocycles. The van der Waals surface area contributed by atoms with Crippen molar-refractivity contribution in [1.29, 1.82) is 5.26 Å². The van der Waals surface area contributed by atoms with Crippen LogP contribution in [0.1, 0.15) is 18.1 Å². The summed E-state index contributed by atoms with van der Waals surface area (Å²) in [6.07, 6.45) is 5.56. The molecule has 34 heavy (non-hydrogen) atoms. The van der Waals surface area contributed by atoms with Crippen molar-refractivity contribution in [2.24, 2.45) is 0 Å². The van der Waals surface area contributed by atoms with E-state index < -0.39 is 0 Å². The molecule has 0 N–H and O–H groups in total. The maximum absolute atomic E-state index is 11.2. The highest BCUT2D eigenvalue weighted by molar-refractivity contribution is 6.28. The molecule has 0 fully saturated rings. The van der Waals surface area contributed by atoms with Crippen LogP contribution in [0.5, 0.6) is 0 Å². The molecule has 2 amide bonds. The minimum Gasteiger partial charge on any atom is -0.269 e. The van der Waals surface area contributed by atoms with Gasteiger partial charge in [0.25, 0.3) is 11.8 Å². The Labute approximate surface area is 202 Å². The first kappa shape index (κ1) is 27.3. The van der Waals surface area contributed by atoms with Crippen LogP contribution in [-0.4, -0.2) is 11.8 Å².